The molecule has 0 saturated heterocycles. The maximum Gasteiger partial charge on any atom is 0.394 e. The largest absolute Gasteiger partial charge is 0.497 e. The topological polar surface area (TPSA) is 46.4 Å². The Kier molecular flexibility index (Phi) is 7.29. The highest BCUT2D eigenvalue weighted by molar-refractivity contribution is 7.85. The molecule has 0 amide bonds. The number of halogens is 1. The highest BCUT2D eigenvalue weighted by Gasteiger charge is 2.29. The molecule has 0 aromatic heterocycles. The van der Waals surface area contributed by atoms with Crippen molar-refractivity contribution < 1.29 is 17.1 Å². The zero-order valence-corrected chi connectivity index (χ0v) is 18.6. The normalized spacial score (nSPS) is 13.1. The summed E-state index contributed by atoms with van der Waals surface area (Å²) in [5.74, 6) is 0.692. The van der Waals surface area contributed by atoms with Crippen molar-refractivity contribution in [1.82, 2.24) is 0 Å². The van der Waals surface area contributed by atoms with Gasteiger partial charge in [-0.2, -0.15) is 8.42 Å². The first-order chi connectivity index (χ1) is 14.4. The van der Waals surface area contributed by atoms with E-state index in [0.717, 1.165) is 23.3 Å². The molecule has 0 bridgehead atoms. The predicted molar refractivity (Wildman–Crippen MR) is 121 cm³/mol. The second kappa shape index (κ2) is 9.92. The van der Waals surface area contributed by atoms with E-state index in [9.17, 15) is 8.42 Å². The van der Waals surface area contributed by atoms with Crippen molar-refractivity contribution in [3.63, 3.8) is 0 Å². The van der Waals surface area contributed by atoms with Gasteiger partial charge >= 0.3 is 10.0 Å². The Morgan fingerprint density at radius 3 is 2.17 bits per heavy atom. The highest BCUT2D eigenvalue weighted by atomic mass is 35.5. The van der Waals surface area contributed by atoms with Crippen molar-refractivity contribution in [2.24, 2.45) is 0 Å². The van der Waals surface area contributed by atoms with Crippen molar-refractivity contribution in [1.29, 1.82) is 0 Å². The monoisotopic (exact) mass is 442 g/mol. The van der Waals surface area contributed by atoms with Gasteiger partial charge < -0.3 is 4.74 Å². The van der Waals surface area contributed by atoms with Crippen LogP contribution >= 0.6 is 11.6 Å². The first-order valence-electron chi connectivity index (χ1n) is 9.74. The number of hydrogen-bond donors (Lipinski definition) is 0. The maximum atomic E-state index is 13.5. The molecule has 1 atom stereocenters. The van der Waals surface area contributed by atoms with Crippen molar-refractivity contribution >= 4 is 27.8 Å². The molecule has 0 saturated carbocycles. The Morgan fingerprint density at radius 1 is 0.967 bits per heavy atom. The summed E-state index contributed by atoms with van der Waals surface area (Å²) in [4.78, 5) is 0.208. The second-order valence-electron chi connectivity index (χ2n) is 6.93. The highest BCUT2D eigenvalue weighted by Crippen LogP contribution is 2.22. The van der Waals surface area contributed by atoms with Gasteiger partial charge in [0.2, 0.25) is 0 Å². The van der Waals surface area contributed by atoms with Crippen molar-refractivity contribution in [3.05, 3.63) is 95.0 Å². The van der Waals surface area contributed by atoms with E-state index in [1.54, 1.807) is 19.2 Å². The summed E-state index contributed by atoms with van der Waals surface area (Å²) >= 11 is 5.96. The van der Waals surface area contributed by atoms with Crippen LogP contribution in [0.15, 0.2) is 83.8 Å². The van der Waals surface area contributed by atoms with E-state index in [4.69, 9.17) is 16.3 Å². The van der Waals surface area contributed by atoms with Crippen molar-refractivity contribution in [2.75, 3.05) is 7.11 Å². The molecule has 3 aromatic carbocycles. The molecule has 0 aliphatic rings. The number of rotatable bonds is 8. The number of sulfonamides is 1. The average Bonchev–Trinajstić information content (AvgIpc) is 2.78. The molecular formula is C24H25ClNO3S+. The maximum absolute atomic E-state index is 13.5. The van der Waals surface area contributed by atoms with E-state index >= 15 is 0 Å². The first kappa shape index (κ1) is 22.1. The summed E-state index contributed by atoms with van der Waals surface area (Å²) in [7, 11) is -2.15. The van der Waals surface area contributed by atoms with Gasteiger partial charge in [-0.25, -0.2) is 0 Å². The summed E-state index contributed by atoms with van der Waals surface area (Å²) in [5.41, 5.74) is 1.94. The average molecular weight is 443 g/mol. The van der Waals surface area contributed by atoms with Gasteiger partial charge in [0, 0.05) is 10.6 Å². The molecule has 4 nitrogen and oxygen atoms in total. The Balaban J connectivity index is 2.05. The Hall–Kier alpha value is -2.63. The SMILES string of the molecule is CCC(C=[N+](Cc1ccc(OC)cc1)S(=O)(=O)c1ccc(Cl)cc1)c1ccccc1. The molecule has 6 heteroatoms. The molecule has 0 fully saturated rings. The van der Waals surface area contributed by atoms with E-state index in [0.29, 0.717) is 5.02 Å². The number of ether oxygens (including phenoxy) is 1. The number of benzene rings is 3. The summed E-state index contributed by atoms with van der Waals surface area (Å²) in [6.45, 7) is 2.27. The third-order valence-corrected chi connectivity index (χ3v) is 6.92. The van der Waals surface area contributed by atoms with Gasteiger partial charge in [-0.1, -0.05) is 48.9 Å². The molecule has 3 rings (SSSR count). The zero-order chi connectivity index (χ0) is 21.6. The second-order valence-corrected chi connectivity index (χ2v) is 9.25. The van der Waals surface area contributed by atoms with Crippen LogP contribution in [-0.4, -0.2) is 25.7 Å². The van der Waals surface area contributed by atoms with E-state index in [1.807, 2.05) is 60.8 Å². The van der Waals surface area contributed by atoms with E-state index in [2.05, 4.69) is 6.92 Å². The molecule has 156 valence electrons. The van der Waals surface area contributed by atoms with Gasteiger partial charge in [0.05, 0.1) is 13.0 Å². The van der Waals surface area contributed by atoms with Crippen LogP contribution in [0.2, 0.25) is 5.02 Å². The first-order valence-corrected chi connectivity index (χ1v) is 11.6. The fourth-order valence-corrected chi connectivity index (χ4v) is 4.70. The fourth-order valence-electron chi connectivity index (χ4n) is 3.20. The van der Waals surface area contributed by atoms with Crippen LogP contribution in [0.5, 0.6) is 5.75 Å². The quantitative estimate of drug-likeness (QED) is 0.341. The predicted octanol–water partition coefficient (Wildman–Crippen LogP) is 5.51. The molecule has 0 radical (unpaired) electrons. The van der Waals surface area contributed by atoms with Crippen molar-refractivity contribution in [2.45, 2.75) is 30.7 Å². The van der Waals surface area contributed by atoms with Crippen molar-refractivity contribution in [3.8, 4) is 5.75 Å². The Labute approximate surface area is 183 Å². The summed E-state index contributed by atoms with van der Waals surface area (Å²) in [6, 6.07) is 23.6. The summed E-state index contributed by atoms with van der Waals surface area (Å²) in [5, 5.41) is 0.496. The smallest absolute Gasteiger partial charge is 0.394 e. The lowest BCUT2D eigenvalue weighted by molar-refractivity contribution is -0.381. The minimum Gasteiger partial charge on any atom is -0.497 e. The van der Waals surface area contributed by atoms with Crippen LogP contribution in [0.4, 0.5) is 0 Å². The molecule has 0 aliphatic heterocycles. The number of hydrogen-bond acceptors (Lipinski definition) is 3. The third-order valence-electron chi connectivity index (χ3n) is 4.93. The molecule has 0 aliphatic carbocycles. The molecule has 3 aromatic rings. The van der Waals surface area contributed by atoms with Crippen LogP contribution in [0.25, 0.3) is 0 Å². The number of methoxy groups -OCH3 is 1. The Bertz CT molecular complexity index is 1090. The lowest BCUT2D eigenvalue weighted by Gasteiger charge is -2.11. The van der Waals surface area contributed by atoms with Gasteiger partial charge in [-0.15, -0.1) is 3.98 Å². The van der Waals surface area contributed by atoms with Gasteiger partial charge in [0.1, 0.15) is 10.6 Å². The fraction of sp³-hybridized carbons (Fsp3) is 0.208. The Morgan fingerprint density at radius 2 is 1.60 bits per heavy atom. The van der Waals surface area contributed by atoms with E-state index < -0.39 is 10.0 Å². The van der Waals surface area contributed by atoms with Crippen LogP contribution in [0, 0.1) is 0 Å². The molecule has 0 heterocycles. The van der Waals surface area contributed by atoms with Gasteiger partial charge in [0.15, 0.2) is 12.8 Å². The zero-order valence-electron chi connectivity index (χ0n) is 17.0. The third kappa shape index (κ3) is 5.29. The minimum absolute atomic E-state index is 0.0356. The molecule has 1 unspecified atom stereocenters. The molecule has 0 N–H and O–H groups in total. The van der Waals surface area contributed by atoms with Crippen LogP contribution < -0.4 is 4.74 Å². The number of nitrogens with zero attached hydrogens (tertiary/aromatic N) is 1. The summed E-state index contributed by atoms with van der Waals surface area (Å²) < 4.78 is 33.6. The van der Waals surface area contributed by atoms with Crippen LogP contribution in [0.3, 0.4) is 0 Å². The van der Waals surface area contributed by atoms with E-state index in [1.165, 1.54) is 16.1 Å². The van der Waals surface area contributed by atoms with Crippen LogP contribution in [0.1, 0.15) is 30.4 Å². The van der Waals surface area contributed by atoms with Gasteiger partial charge in [0.25, 0.3) is 0 Å². The van der Waals surface area contributed by atoms with Crippen LogP contribution in [-0.2, 0) is 16.6 Å². The minimum atomic E-state index is -3.76. The molecular weight excluding hydrogens is 418 g/mol. The molecule has 0 spiro atoms. The van der Waals surface area contributed by atoms with E-state index in [-0.39, 0.29) is 17.4 Å². The standard InChI is InChI=1S/C24H25ClNO3S/c1-3-20(21-7-5-4-6-8-21)18-26(17-19-9-13-23(29-2)14-10-19)30(27,28)24-15-11-22(25)12-16-24/h4-16,18,20H,3,17H2,1-2H3/q+1. The lowest BCUT2D eigenvalue weighted by Crippen LogP contribution is -2.24. The summed E-state index contributed by atoms with van der Waals surface area (Å²) in [6.07, 6.45) is 2.59. The van der Waals surface area contributed by atoms with Gasteiger partial charge in [-0.05, 0) is 60.5 Å². The molecule has 30 heavy (non-hydrogen) atoms. The van der Waals surface area contributed by atoms with Gasteiger partial charge in [-0.3, -0.25) is 0 Å². The lowest BCUT2D eigenvalue weighted by atomic mass is 9.98.